The Morgan fingerprint density at radius 1 is 0.875 bits per heavy atom. The van der Waals surface area contributed by atoms with Crippen LogP contribution in [-0.2, 0) is 0 Å². The molecule has 1 aliphatic rings. The van der Waals surface area contributed by atoms with Gasteiger partial charge in [0.05, 0.1) is 0 Å². The maximum absolute atomic E-state index is 12.7. The second kappa shape index (κ2) is 7.53. The predicted molar refractivity (Wildman–Crippen MR) is 120 cm³/mol. The van der Waals surface area contributed by atoms with E-state index in [2.05, 4.69) is 15.5 Å². The average Bonchev–Trinajstić information content (AvgIpc) is 3.37. The zero-order valence-electron chi connectivity index (χ0n) is 17.9. The van der Waals surface area contributed by atoms with Crippen LogP contribution in [0.5, 0.6) is 11.5 Å². The van der Waals surface area contributed by atoms with Crippen molar-refractivity contribution in [3.05, 3.63) is 77.9 Å². The van der Waals surface area contributed by atoms with Gasteiger partial charge in [-0.1, -0.05) is 18.2 Å². The number of benzene rings is 3. The van der Waals surface area contributed by atoms with E-state index in [0.717, 1.165) is 16.7 Å². The van der Waals surface area contributed by atoms with E-state index in [0.29, 0.717) is 34.5 Å². The van der Waals surface area contributed by atoms with E-state index in [1.165, 1.54) is 0 Å². The fourth-order valence-corrected chi connectivity index (χ4v) is 3.53. The Labute approximate surface area is 185 Å². The molecule has 160 valence electrons. The number of hydrogen-bond acceptors (Lipinski definition) is 6. The van der Waals surface area contributed by atoms with Crippen LogP contribution in [0.4, 0.5) is 5.69 Å². The second-order valence-electron chi connectivity index (χ2n) is 8.02. The lowest BCUT2D eigenvalue weighted by atomic mass is 10.1. The van der Waals surface area contributed by atoms with Crippen LogP contribution in [0.25, 0.3) is 22.9 Å². The van der Waals surface area contributed by atoms with Crippen LogP contribution < -0.4 is 14.8 Å². The van der Waals surface area contributed by atoms with Crippen molar-refractivity contribution >= 4 is 11.6 Å². The van der Waals surface area contributed by atoms with E-state index < -0.39 is 5.79 Å². The maximum Gasteiger partial charge on any atom is 0.255 e. The maximum atomic E-state index is 12.7. The summed E-state index contributed by atoms with van der Waals surface area (Å²) in [6, 6.07) is 20.2. The molecule has 0 bridgehead atoms. The summed E-state index contributed by atoms with van der Waals surface area (Å²) >= 11 is 0. The number of aryl methyl sites for hydroxylation is 1. The van der Waals surface area contributed by atoms with Crippen LogP contribution in [-0.4, -0.2) is 21.9 Å². The van der Waals surface area contributed by atoms with Gasteiger partial charge in [-0.15, -0.1) is 10.2 Å². The molecule has 32 heavy (non-hydrogen) atoms. The molecule has 4 aromatic rings. The van der Waals surface area contributed by atoms with Crippen molar-refractivity contribution in [3.63, 3.8) is 0 Å². The fraction of sp³-hybridized carbons (Fsp3) is 0.160. The molecule has 0 aliphatic carbocycles. The molecule has 0 radical (unpaired) electrons. The number of hydrogen-bond donors (Lipinski definition) is 1. The molecule has 7 nitrogen and oxygen atoms in total. The molecule has 1 N–H and O–H groups in total. The normalized spacial score (nSPS) is 13.7. The van der Waals surface area contributed by atoms with Crippen LogP contribution in [0.2, 0.25) is 0 Å². The minimum absolute atomic E-state index is 0.235. The fourth-order valence-electron chi connectivity index (χ4n) is 3.53. The first-order valence-electron chi connectivity index (χ1n) is 10.2. The smallest absolute Gasteiger partial charge is 0.255 e. The lowest BCUT2D eigenvalue weighted by molar-refractivity contribution is -0.0431. The predicted octanol–water partition coefficient (Wildman–Crippen LogP) is 5.47. The molecule has 0 saturated carbocycles. The molecule has 1 aliphatic heterocycles. The van der Waals surface area contributed by atoms with Crippen molar-refractivity contribution in [1.82, 2.24) is 10.2 Å². The Hall–Kier alpha value is -4.13. The monoisotopic (exact) mass is 427 g/mol. The van der Waals surface area contributed by atoms with Crippen molar-refractivity contribution < 1.29 is 18.7 Å². The topological polar surface area (TPSA) is 86.5 Å². The van der Waals surface area contributed by atoms with Gasteiger partial charge < -0.3 is 19.2 Å². The first kappa shape index (κ1) is 19.8. The minimum Gasteiger partial charge on any atom is -0.449 e. The third-order valence-corrected chi connectivity index (χ3v) is 5.11. The molecule has 0 saturated heterocycles. The van der Waals surface area contributed by atoms with Gasteiger partial charge in [0.2, 0.25) is 17.6 Å². The van der Waals surface area contributed by atoms with Crippen molar-refractivity contribution in [2.75, 3.05) is 5.32 Å². The molecule has 0 atom stereocenters. The third-order valence-electron chi connectivity index (χ3n) is 5.11. The lowest BCUT2D eigenvalue weighted by Gasteiger charge is -2.16. The van der Waals surface area contributed by atoms with Crippen molar-refractivity contribution in [2.24, 2.45) is 0 Å². The van der Waals surface area contributed by atoms with E-state index in [1.54, 1.807) is 42.5 Å². The highest BCUT2D eigenvalue weighted by atomic mass is 16.7. The molecule has 2 heterocycles. The Morgan fingerprint density at radius 3 is 2.38 bits per heavy atom. The molecule has 0 spiro atoms. The standard InChI is InChI=1S/C25H21N3O4/c1-15-6-4-5-7-19(15)24-28-27-23(30-24)17-10-8-16(9-11-17)22(29)26-18-12-13-20-21(14-18)32-25(2,3)31-20/h4-14H,1-3H3,(H,26,29). The average molecular weight is 427 g/mol. The number of nitrogens with one attached hydrogen (secondary N) is 1. The molecule has 0 fully saturated rings. The molecule has 5 rings (SSSR count). The van der Waals surface area contributed by atoms with Crippen LogP contribution in [0.1, 0.15) is 29.8 Å². The Balaban J connectivity index is 1.30. The SMILES string of the molecule is Cc1ccccc1-c1nnc(-c2ccc(C(=O)Nc3ccc4c(c3)OC(C)(C)O4)cc2)o1. The third kappa shape index (κ3) is 3.80. The van der Waals surface area contributed by atoms with Crippen LogP contribution >= 0.6 is 0 Å². The lowest BCUT2D eigenvalue weighted by Crippen LogP contribution is -2.29. The Kier molecular flexibility index (Phi) is 4.66. The molecule has 0 unspecified atom stereocenters. The van der Waals surface area contributed by atoms with Gasteiger partial charge in [0, 0.05) is 42.3 Å². The Morgan fingerprint density at radius 2 is 1.59 bits per heavy atom. The number of fused-ring (bicyclic) bond motifs is 1. The molecular weight excluding hydrogens is 406 g/mol. The first-order chi connectivity index (χ1) is 15.4. The van der Waals surface area contributed by atoms with Crippen molar-refractivity contribution in [3.8, 4) is 34.4 Å². The number of aromatic nitrogens is 2. The molecule has 1 aromatic heterocycles. The van der Waals surface area contributed by atoms with Gasteiger partial charge in [-0.05, 0) is 55.0 Å². The van der Waals surface area contributed by atoms with Gasteiger partial charge >= 0.3 is 0 Å². The summed E-state index contributed by atoms with van der Waals surface area (Å²) in [5.41, 5.74) is 3.82. The molecule has 3 aromatic carbocycles. The number of nitrogens with zero attached hydrogens (tertiary/aromatic N) is 2. The highest BCUT2D eigenvalue weighted by Gasteiger charge is 2.31. The summed E-state index contributed by atoms with van der Waals surface area (Å²) in [5, 5.41) is 11.2. The number of carbonyl (C=O) groups excluding carboxylic acids is 1. The van der Waals surface area contributed by atoms with E-state index in [9.17, 15) is 4.79 Å². The highest BCUT2D eigenvalue weighted by Crippen LogP contribution is 2.40. The number of ether oxygens (including phenoxy) is 2. The van der Waals surface area contributed by atoms with Gasteiger partial charge in [-0.2, -0.15) is 0 Å². The minimum atomic E-state index is -0.714. The molecule has 7 heteroatoms. The summed E-state index contributed by atoms with van der Waals surface area (Å²) in [7, 11) is 0. The van der Waals surface area contributed by atoms with Gasteiger partial charge in [0.1, 0.15) is 0 Å². The highest BCUT2D eigenvalue weighted by molar-refractivity contribution is 6.04. The number of rotatable bonds is 4. The van der Waals surface area contributed by atoms with Gasteiger partial charge in [-0.25, -0.2) is 0 Å². The zero-order valence-corrected chi connectivity index (χ0v) is 17.9. The molecular formula is C25H21N3O4. The van der Waals surface area contributed by atoms with Crippen LogP contribution in [0.15, 0.2) is 71.1 Å². The largest absolute Gasteiger partial charge is 0.449 e. The van der Waals surface area contributed by atoms with Crippen LogP contribution in [0.3, 0.4) is 0 Å². The van der Waals surface area contributed by atoms with Gasteiger partial charge in [-0.3, -0.25) is 4.79 Å². The van der Waals surface area contributed by atoms with E-state index in [1.807, 2.05) is 45.0 Å². The summed E-state index contributed by atoms with van der Waals surface area (Å²) < 4.78 is 17.3. The second-order valence-corrected chi connectivity index (χ2v) is 8.02. The van der Waals surface area contributed by atoms with Crippen molar-refractivity contribution in [1.29, 1.82) is 0 Å². The molecule has 1 amide bonds. The number of amides is 1. The number of carbonyl (C=O) groups is 1. The van der Waals surface area contributed by atoms with E-state index in [-0.39, 0.29) is 5.91 Å². The van der Waals surface area contributed by atoms with E-state index in [4.69, 9.17) is 13.9 Å². The summed E-state index contributed by atoms with van der Waals surface area (Å²) in [6.07, 6.45) is 0. The van der Waals surface area contributed by atoms with E-state index >= 15 is 0 Å². The van der Waals surface area contributed by atoms with Gasteiger partial charge in [0.25, 0.3) is 5.91 Å². The van der Waals surface area contributed by atoms with Crippen LogP contribution in [0, 0.1) is 6.92 Å². The summed E-state index contributed by atoms with van der Waals surface area (Å²) in [6.45, 7) is 5.66. The Bertz CT molecular complexity index is 1310. The summed E-state index contributed by atoms with van der Waals surface area (Å²) in [4.78, 5) is 12.7. The van der Waals surface area contributed by atoms with Gasteiger partial charge in [0.15, 0.2) is 11.5 Å². The number of anilines is 1. The summed E-state index contributed by atoms with van der Waals surface area (Å²) in [5.74, 6) is 1.17. The zero-order chi connectivity index (χ0) is 22.3. The quantitative estimate of drug-likeness (QED) is 0.465. The first-order valence-corrected chi connectivity index (χ1v) is 10.2. The van der Waals surface area contributed by atoms with Crippen molar-refractivity contribution in [2.45, 2.75) is 26.6 Å².